The molecular weight excluding hydrogens is 323 g/mol. The molecule has 1 atom stereocenters. The van der Waals surface area contributed by atoms with E-state index in [2.05, 4.69) is 6.92 Å². The largest absolute Gasteiger partial charge is 1.00 e. The number of hydrogen-bond donors (Lipinski definition) is 2. The van der Waals surface area contributed by atoms with E-state index in [1.54, 1.807) is 0 Å². The molecule has 0 aliphatic heterocycles. The first-order chi connectivity index (χ1) is 9.79. The van der Waals surface area contributed by atoms with Crippen LogP contribution in [0.1, 0.15) is 59.7 Å². The zero-order valence-electron chi connectivity index (χ0n) is 14.3. The molecule has 0 radical (unpaired) electrons. The van der Waals surface area contributed by atoms with Crippen LogP contribution in [0.3, 0.4) is 0 Å². The predicted octanol–water partition coefficient (Wildman–Crippen LogP) is -0.872. The van der Waals surface area contributed by atoms with Gasteiger partial charge in [0.05, 0.1) is 13.0 Å². The van der Waals surface area contributed by atoms with Gasteiger partial charge >= 0.3 is 41.5 Å². The Kier molecular flexibility index (Phi) is 14.6. The molecule has 0 aliphatic rings. The summed E-state index contributed by atoms with van der Waals surface area (Å²) in [5.74, 6) is -2.71. The van der Waals surface area contributed by atoms with E-state index >= 15 is 0 Å². The van der Waals surface area contributed by atoms with Gasteiger partial charge in [-0.1, -0.05) is 45.4 Å². The second-order valence-corrected chi connectivity index (χ2v) is 6.49. The van der Waals surface area contributed by atoms with Crippen LogP contribution in [0.15, 0.2) is 0 Å². The van der Waals surface area contributed by atoms with Crippen molar-refractivity contribution in [2.24, 2.45) is 0 Å². The molecule has 2 N–H and O–H groups in total. The number of rotatable bonds is 12. The minimum absolute atomic E-state index is 0. The predicted molar refractivity (Wildman–Crippen MR) is 77.7 cm³/mol. The molecule has 1 unspecified atom stereocenters. The monoisotopic (exact) mass is 348 g/mol. The van der Waals surface area contributed by atoms with Gasteiger partial charge in [-0.05, 0) is 6.42 Å². The van der Waals surface area contributed by atoms with Crippen molar-refractivity contribution in [1.29, 1.82) is 0 Å². The second-order valence-electron chi connectivity index (χ2n) is 4.89. The summed E-state index contributed by atoms with van der Waals surface area (Å²) in [6.45, 7) is 2.15. The smallest absolute Gasteiger partial charge is 1.00 e. The summed E-state index contributed by atoms with van der Waals surface area (Å²) in [5.41, 5.74) is 0. The van der Waals surface area contributed by atoms with E-state index < -0.39 is 33.7 Å². The number of carbonyl (C=O) groups is 2. The molecule has 0 aromatic heterocycles. The van der Waals surface area contributed by atoms with Crippen molar-refractivity contribution >= 4 is 22.1 Å². The molecule has 7 nitrogen and oxygen atoms in total. The van der Waals surface area contributed by atoms with Gasteiger partial charge in [-0.2, -0.15) is 8.42 Å². The van der Waals surface area contributed by atoms with E-state index in [4.69, 9.17) is 14.4 Å². The van der Waals surface area contributed by atoms with E-state index in [0.29, 0.717) is 6.42 Å². The molecule has 0 saturated heterocycles. The van der Waals surface area contributed by atoms with Crippen molar-refractivity contribution in [1.82, 2.24) is 0 Å². The van der Waals surface area contributed by atoms with Crippen molar-refractivity contribution in [3.8, 4) is 0 Å². The van der Waals surface area contributed by atoms with Crippen LogP contribution in [0.4, 0.5) is 0 Å². The molecule has 0 bridgehead atoms. The Labute approximate surface area is 155 Å². The minimum Gasteiger partial charge on any atom is -1.00 e. The number of carboxylic acids is 1. The number of carboxylic acid groups (broad SMARTS) is 1. The molecule has 0 rings (SSSR count). The van der Waals surface area contributed by atoms with Crippen LogP contribution in [0.5, 0.6) is 0 Å². The van der Waals surface area contributed by atoms with Gasteiger partial charge in [0.25, 0.3) is 10.1 Å². The minimum atomic E-state index is -4.77. The number of aliphatic carboxylic acids is 1. The van der Waals surface area contributed by atoms with Crippen molar-refractivity contribution in [3.05, 3.63) is 0 Å². The van der Waals surface area contributed by atoms with Crippen LogP contribution >= 0.6 is 0 Å². The first-order valence-electron chi connectivity index (χ1n) is 7.13. The quantitative estimate of drug-likeness (QED) is 0.204. The third-order valence-corrected chi connectivity index (χ3v) is 4.05. The summed E-state index contributed by atoms with van der Waals surface area (Å²) >= 11 is 0. The van der Waals surface area contributed by atoms with Gasteiger partial charge in [0, 0.05) is 0 Å². The van der Waals surface area contributed by atoms with Crippen LogP contribution in [-0.4, -0.2) is 41.9 Å². The Bertz CT molecular complexity index is 428. The Morgan fingerprint density at radius 2 is 1.59 bits per heavy atom. The normalized spacial score (nSPS) is 12.3. The van der Waals surface area contributed by atoms with Crippen LogP contribution < -0.4 is 29.6 Å². The fourth-order valence-corrected chi connectivity index (χ4v) is 2.46. The Hall–Kier alpha value is -0.150. The fourth-order valence-electron chi connectivity index (χ4n) is 1.79. The number of hydrogen-bond acceptors (Lipinski definition) is 5. The molecular formula is C13H25NaO7S. The van der Waals surface area contributed by atoms with Crippen molar-refractivity contribution in [3.63, 3.8) is 0 Å². The SMILES string of the molecule is CCCCCCCCCOC(=O)C(CC(=O)O)S(=O)(=O)O.[H-].[Na+]. The van der Waals surface area contributed by atoms with Gasteiger partial charge in [-0.3, -0.25) is 14.1 Å². The number of carbonyl (C=O) groups excluding carboxylic acids is 1. The van der Waals surface area contributed by atoms with Crippen molar-refractivity contribution in [2.45, 2.75) is 63.5 Å². The van der Waals surface area contributed by atoms with Crippen LogP contribution in [0.2, 0.25) is 0 Å². The maximum Gasteiger partial charge on any atom is 1.00 e. The summed E-state index contributed by atoms with van der Waals surface area (Å²) in [4.78, 5) is 22.0. The second kappa shape index (κ2) is 13.3. The van der Waals surface area contributed by atoms with E-state index in [0.717, 1.165) is 25.7 Å². The maximum absolute atomic E-state index is 11.5. The van der Waals surface area contributed by atoms with E-state index in [1.807, 2.05) is 0 Å². The molecule has 22 heavy (non-hydrogen) atoms. The van der Waals surface area contributed by atoms with Gasteiger partial charge in [0.15, 0.2) is 5.25 Å². The van der Waals surface area contributed by atoms with E-state index in [1.165, 1.54) is 12.8 Å². The number of ether oxygens (including phenoxy) is 1. The Morgan fingerprint density at radius 3 is 2.05 bits per heavy atom. The van der Waals surface area contributed by atoms with Gasteiger partial charge in [-0.15, -0.1) is 0 Å². The maximum atomic E-state index is 11.5. The summed E-state index contributed by atoms with van der Waals surface area (Å²) in [7, 11) is -4.77. The fraction of sp³-hybridized carbons (Fsp3) is 0.846. The summed E-state index contributed by atoms with van der Waals surface area (Å²) in [5, 5.41) is 6.47. The van der Waals surface area contributed by atoms with Crippen LogP contribution in [-0.2, 0) is 24.4 Å². The van der Waals surface area contributed by atoms with Gasteiger partial charge in [0.1, 0.15) is 0 Å². The third kappa shape index (κ3) is 12.4. The molecule has 0 aromatic rings. The summed E-state index contributed by atoms with van der Waals surface area (Å²) < 4.78 is 35.4. The number of unbranched alkanes of at least 4 members (excludes halogenated alkanes) is 6. The van der Waals surface area contributed by atoms with Crippen molar-refractivity contribution in [2.75, 3.05) is 6.61 Å². The standard InChI is InChI=1S/C13H24O7S.Na.H/c1-2-3-4-5-6-7-8-9-20-13(16)11(10-12(14)15)21(17,18)19;;/h11H,2-10H2,1H3,(H,14,15)(H,17,18,19);;/q;+1;-1. The van der Waals surface area contributed by atoms with Gasteiger partial charge in [0.2, 0.25) is 0 Å². The molecule has 126 valence electrons. The first kappa shape index (κ1) is 24.1. The van der Waals surface area contributed by atoms with E-state index in [9.17, 15) is 18.0 Å². The summed E-state index contributed by atoms with van der Waals surface area (Å²) in [6.07, 6.45) is 6.07. The average molecular weight is 348 g/mol. The molecule has 0 fully saturated rings. The van der Waals surface area contributed by atoms with Crippen LogP contribution in [0.25, 0.3) is 0 Å². The first-order valence-corrected chi connectivity index (χ1v) is 8.64. The van der Waals surface area contributed by atoms with Crippen LogP contribution in [0, 0.1) is 0 Å². The Morgan fingerprint density at radius 1 is 1.09 bits per heavy atom. The molecule has 9 heteroatoms. The molecule has 0 aliphatic carbocycles. The van der Waals surface area contributed by atoms with Gasteiger partial charge in [-0.25, -0.2) is 0 Å². The molecule has 0 aromatic carbocycles. The molecule has 0 saturated carbocycles. The Balaban J connectivity index is -0.00000200. The number of esters is 1. The zero-order chi connectivity index (χ0) is 16.3. The van der Waals surface area contributed by atoms with Crippen molar-refractivity contribution < 1.29 is 63.4 Å². The summed E-state index contributed by atoms with van der Waals surface area (Å²) in [6, 6.07) is 0. The average Bonchev–Trinajstić information content (AvgIpc) is 2.37. The van der Waals surface area contributed by atoms with E-state index in [-0.39, 0.29) is 37.6 Å². The topological polar surface area (TPSA) is 118 Å². The molecule has 0 spiro atoms. The molecule has 0 amide bonds. The zero-order valence-corrected chi connectivity index (χ0v) is 16.1. The van der Waals surface area contributed by atoms with Gasteiger partial charge < -0.3 is 11.3 Å². The molecule has 0 heterocycles. The third-order valence-electron chi connectivity index (χ3n) is 2.97.